The average Bonchev–Trinajstić information content (AvgIpc) is 3.34. The fourth-order valence-corrected chi connectivity index (χ4v) is 3.58. The molecule has 0 saturated carbocycles. The third-order valence-electron chi connectivity index (χ3n) is 5.53. The molecule has 0 fully saturated rings. The van der Waals surface area contributed by atoms with Crippen molar-refractivity contribution in [2.24, 2.45) is 5.73 Å². The molecule has 0 spiro atoms. The van der Waals surface area contributed by atoms with E-state index in [9.17, 15) is 9.90 Å². The van der Waals surface area contributed by atoms with E-state index < -0.39 is 11.9 Å². The Hall–Kier alpha value is -4.31. The first-order valence-electron chi connectivity index (χ1n) is 11.5. The summed E-state index contributed by atoms with van der Waals surface area (Å²) in [4.78, 5) is 20.6. The lowest BCUT2D eigenvalue weighted by Crippen LogP contribution is -2.17. The van der Waals surface area contributed by atoms with E-state index in [1.807, 2.05) is 51.1 Å². The van der Waals surface area contributed by atoms with Gasteiger partial charge in [-0.25, -0.2) is 4.98 Å². The molecule has 0 aliphatic heterocycles. The summed E-state index contributed by atoms with van der Waals surface area (Å²) in [6.07, 6.45) is 1.59. The molecule has 10 heteroatoms. The molecule has 0 radical (unpaired) electrons. The standard InChI is InChI=1S/C26H29N7O3/c1-15-12-17(10-11-18(15)21(27)35)29-25-28-13-19(23-32-33-24(36-23)26(2,3)4)22(31-25)30-20(14-34)16-8-6-5-7-9-16/h5-13,20,34H,14H2,1-4H3,(H2,27,35)(H2,28,29,30,31)/t20-/m1/s1. The summed E-state index contributed by atoms with van der Waals surface area (Å²) in [6, 6.07) is 14.3. The number of rotatable bonds is 8. The smallest absolute Gasteiger partial charge is 0.253 e. The van der Waals surface area contributed by atoms with E-state index in [4.69, 9.17) is 10.2 Å². The van der Waals surface area contributed by atoms with E-state index in [0.29, 0.717) is 34.5 Å². The second kappa shape index (κ2) is 10.1. The zero-order chi connectivity index (χ0) is 25.9. The van der Waals surface area contributed by atoms with Crippen molar-refractivity contribution in [1.29, 1.82) is 0 Å². The molecule has 0 saturated heterocycles. The van der Waals surface area contributed by atoms with Crippen LogP contribution < -0.4 is 16.4 Å². The van der Waals surface area contributed by atoms with E-state index in [2.05, 4.69) is 30.8 Å². The SMILES string of the molecule is Cc1cc(Nc2ncc(-c3nnc(C(C)(C)C)o3)c(N[C@H](CO)c3ccccc3)n2)ccc1C(N)=O. The molecule has 2 heterocycles. The number of carbonyl (C=O) groups excluding carboxylic acids is 1. The van der Waals surface area contributed by atoms with Crippen molar-refractivity contribution >= 4 is 23.4 Å². The van der Waals surface area contributed by atoms with Gasteiger partial charge in [0.1, 0.15) is 5.82 Å². The zero-order valence-corrected chi connectivity index (χ0v) is 20.6. The first-order chi connectivity index (χ1) is 17.2. The Morgan fingerprint density at radius 2 is 1.89 bits per heavy atom. The predicted molar refractivity (Wildman–Crippen MR) is 137 cm³/mol. The van der Waals surface area contributed by atoms with Crippen molar-refractivity contribution in [2.45, 2.75) is 39.2 Å². The molecular formula is C26H29N7O3. The molecule has 1 amide bonds. The molecule has 0 bridgehead atoms. The molecule has 36 heavy (non-hydrogen) atoms. The van der Waals surface area contributed by atoms with Crippen LogP contribution in [0, 0.1) is 6.92 Å². The van der Waals surface area contributed by atoms with Crippen LogP contribution in [0.25, 0.3) is 11.5 Å². The molecule has 5 N–H and O–H groups in total. The summed E-state index contributed by atoms with van der Waals surface area (Å²) < 4.78 is 5.94. The highest BCUT2D eigenvalue weighted by atomic mass is 16.4. The van der Waals surface area contributed by atoms with Crippen molar-refractivity contribution in [3.63, 3.8) is 0 Å². The monoisotopic (exact) mass is 487 g/mol. The zero-order valence-electron chi connectivity index (χ0n) is 20.6. The van der Waals surface area contributed by atoms with Crippen LogP contribution in [0.4, 0.5) is 17.5 Å². The first-order valence-corrected chi connectivity index (χ1v) is 11.5. The highest BCUT2D eigenvalue weighted by molar-refractivity contribution is 5.94. The van der Waals surface area contributed by atoms with Crippen molar-refractivity contribution in [1.82, 2.24) is 20.2 Å². The van der Waals surface area contributed by atoms with Gasteiger partial charge in [-0.1, -0.05) is 51.1 Å². The molecule has 1 atom stereocenters. The Bertz CT molecular complexity index is 1360. The maximum atomic E-state index is 11.5. The van der Waals surface area contributed by atoms with Crippen LogP contribution in [0.1, 0.15) is 54.2 Å². The minimum atomic E-state index is -0.490. The molecule has 0 unspecified atom stereocenters. The third kappa shape index (κ3) is 5.49. The Labute approximate surface area is 209 Å². The lowest BCUT2D eigenvalue weighted by atomic mass is 9.97. The summed E-state index contributed by atoms with van der Waals surface area (Å²) in [6.45, 7) is 7.58. The molecule has 4 rings (SSSR count). The molecule has 4 aromatic rings. The van der Waals surface area contributed by atoms with Gasteiger partial charge in [0, 0.05) is 22.9 Å². The van der Waals surface area contributed by atoms with Crippen LogP contribution in [-0.2, 0) is 5.41 Å². The summed E-state index contributed by atoms with van der Waals surface area (Å²) in [5, 5.41) is 24.9. The van der Waals surface area contributed by atoms with E-state index in [-0.39, 0.29) is 17.9 Å². The molecule has 0 aliphatic carbocycles. The lowest BCUT2D eigenvalue weighted by molar-refractivity contribution is 0.0999. The van der Waals surface area contributed by atoms with Crippen LogP contribution in [0.2, 0.25) is 0 Å². The van der Waals surface area contributed by atoms with Gasteiger partial charge in [-0.2, -0.15) is 4.98 Å². The minimum Gasteiger partial charge on any atom is -0.420 e. The number of aryl methyl sites for hydroxylation is 1. The van der Waals surface area contributed by atoms with Crippen LogP contribution >= 0.6 is 0 Å². The number of nitrogens with zero attached hydrogens (tertiary/aromatic N) is 4. The molecule has 10 nitrogen and oxygen atoms in total. The fourth-order valence-electron chi connectivity index (χ4n) is 3.58. The van der Waals surface area contributed by atoms with E-state index in [1.165, 1.54) is 0 Å². The van der Waals surface area contributed by atoms with Gasteiger partial charge in [-0.3, -0.25) is 4.79 Å². The Morgan fingerprint density at radius 3 is 2.50 bits per heavy atom. The Morgan fingerprint density at radius 1 is 1.14 bits per heavy atom. The van der Waals surface area contributed by atoms with Crippen LogP contribution in [0.15, 0.2) is 59.1 Å². The molecule has 186 valence electrons. The number of primary amides is 1. The number of aliphatic hydroxyl groups excluding tert-OH is 1. The second-order valence-electron chi connectivity index (χ2n) is 9.43. The average molecular weight is 488 g/mol. The molecule has 2 aromatic heterocycles. The number of benzene rings is 2. The second-order valence-corrected chi connectivity index (χ2v) is 9.43. The normalized spacial score (nSPS) is 12.2. The van der Waals surface area contributed by atoms with Crippen molar-refractivity contribution in [3.8, 4) is 11.5 Å². The van der Waals surface area contributed by atoms with E-state index in [0.717, 1.165) is 11.1 Å². The maximum Gasteiger partial charge on any atom is 0.253 e. The maximum absolute atomic E-state index is 11.5. The largest absolute Gasteiger partial charge is 0.420 e. The van der Waals surface area contributed by atoms with Crippen molar-refractivity contribution < 1.29 is 14.3 Å². The van der Waals surface area contributed by atoms with Crippen LogP contribution in [0.5, 0.6) is 0 Å². The van der Waals surface area contributed by atoms with Crippen molar-refractivity contribution in [2.75, 3.05) is 17.2 Å². The molecule has 0 aliphatic rings. The Kier molecular flexibility index (Phi) is 6.98. The highest BCUT2D eigenvalue weighted by Crippen LogP contribution is 2.32. The van der Waals surface area contributed by atoms with Gasteiger partial charge in [0.25, 0.3) is 5.89 Å². The van der Waals surface area contributed by atoms with Gasteiger partial charge in [-0.15, -0.1) is 10.2 Å². The number of hydrogen-bond acceptors (Lipinski definition) is 9. The number of amides is 1. The lowest BCUT2D eigenvalue weighted by Gasteiger charge is -2.19. The number of aliphatic hydroxyl groups is 1. The number of anilines is 3. The van der Waals surface area contributed by atoms with Crippen molar-refractivity contribution in [3.05, 3.63) is 77.3 Å². The topological polar surface area (TPSA) is 152 Å². The number of nitrogens with one attached hydrogen (secondary N) is 2. The van der Waals surface area contributed by atoms with Crippen LogP contribution in [-0.4, -0.2) is 37.8 Å². The summed E-state index contributed by atoms with van der Waals surface area (Å²) in [5.74, 6) is 0.965. The van der Waals surface area contributed by atoms with Gasteiger partial charge in [0.2, 0.25) is 17.7 Å². The van der Waals surface area contributed by atoms with Gasteiger partial charge in [0.05, 0.1) is 18.2 Å². The summed E-state index contributed by atoms with van der Waals surface area (Å²) in [7, 11) is 0. The molecular weight excluding hydrogens is 458 g/mol. The number of nitrogens with two attached hydrogens (primary N) is 1. The summed E-state index contributed by atoms with van der Waals surface area (Å²) in [5.41, 5.74) is 8.33. The number of aromatic nitrogens is 4. The molecule has 2 aromatic carbocycles. The number of carbonyl (C=O) groups is 1. The van der Waals surface area contributed by atoms with Gasteiger partial charge >= 0.3 is 0 Å². The van der Waals surface area contributed by atoms with Gasteiger partial charge in [-0.05, 0) is 36.2 Å². The Balaban J connectivity index is 1.72. The van der Waals surface area contributed by atoms with Gasteiger partial charge in [0.15, 0.2) is 0 Å². The summed E-state index contributed by atoms with van der Waals surface area (Å²) >= 11 is 0. The minimum absolute atomic E-state index is 0.166. The van der Waals surface area contributed by atoms with E-state index in [1.54, 1.807) is 31.3 Å². The van der Waals surface area contributed by atoms with Gasteiger partial charge < -0.3 is 25.9 Å². The van der Waals surface area contributed by atoms with E-state index >= 15 is 0 Å². The fraction of sp³-hybridized carbons (Fsp3) is 0.269. The highest BCUT2D eigenvalue weighted by Gasteiger charge is 2.24. The number of hydrogen-bond donors (Lipinski definition) is 4. The predicted octanol–water partition coefficient (Wildman–Crippen LogP) is 4.12. The van der Waals surface area contributed by atoms with Crippen LogP contribution in [0.3, 0.4) is 0 Å². The quantitative estimate of drug-likeness (QED) is 0.287. The third-order valence-corrected chi connectivity index (χ3v) is 5.53. The first kappa shape index (κ1) is 24.8.